The van der Waals surface area contributed by atoms with Gasteiger partial charge in [0.1, 0.15) is 17.1 Å². The molecule has 0 radical (unpaired) electrons. The summed E-state index contributed by atoms with van der Waals surface area (Å²) in [6.45, 7) is 2.23. The van der Waals surface area contributed by atoms with E-state index >= 15 is 0 Å². The maximum Gasteiger partial charge on any atom is 0.335 e. The van der Waals surface area contributed by atoms with Gasteiger partial charge in [-0.3, -0.25) is 14.9 Å². The van der Waals surface area contributed by atoms with Gasteiger partial charge in [-0.25, -0.2) is 14.1 Å². The number of amides is 4. The number of rotatable bonds is 4. The lowest BCUT2D eigenvalue weighted by Crippen LogP contribution is -2.54. The van der Waals surface area contributed by atoms with Crippen LogP contribution in [0.4, 0.5) is 14.9 Å². The molecule has 1 saturated heterocycles. The fraction of sp³-hybridized carbons (Fsp3) is 0.105. The quantitative estimate of drug-likeness (QED) is 0.677. The number of anilines is 1. The number of imide groups is 2. The first-order valence-corrected chi connectivity index (χ1v) is 7.90. The number of barbiturate groups is 1. The van der Waals surface area contributed by atoms with Crippen molar-refractivity contribution in [2.45, 2.75) is 6.92 Å². The number of nitrogens with zero attached hydrogens (tertiary/aromatic N) is 1. The summed E-state index contributed by atoms with van der Waals surface area (Å²) in [6.07, 6.45) is 1.37. The highest BCUT2D eigenvalue weighted by molar-refractivity contribution is 6.39. The van der Waals surface area contributed by atoms with E-state index < -0.39 is 23.7 Å². The first kappa shape index (κ1) is 17.3. The van der Waals surface area contributed by atoms with Crippen LogP contribution in [0.15, 0.2) is 54.1 Å². The molecular formula is C19H15FN2O4. The summed E-state index contributed by atoms with van der Waals surface area (Å²) >= 11 is 0. The molecule has 6 nitrogen and oxygen atoms in total. The molecule has 0 aromatic heterocycles. The molecule has 1 aliphatic heterocycles. The number of urea groups is 1. The summed E-state index contributed by atoms with van der Waals surface area (Å²) in [7, 11) is 0. The van der Waals surface area contributed by atoms with Crippen molar-refractivity contribution in [2.24, 2.45) is 0 Å². The summed E-state index contributed by atoms with van der Waals surface area (Å²) in [5.41, 5.74) is 0.465. The number of para-hydroxylation sites is 1. The maximum absolute atomic E-state index is 13.1. The third-order valence-corrected chi connectivity index (χ3v) is 3.71. The van der Waals surface area contributed by atoms with E-state index in [1.807, 2.05) is 6.92 Å². The Morgan fingerprint density at radius 3 is 2.46 bits per heavy atom. The molecule has 1 fully saturated rings. The van der Waals surface area contributed by atoms with E-state index in [4.69, 9.17) is 4.74 Å². The van der Waals surface area contributed by atoms with Crippen molar-refractivity contribution in [1.82, 2.24) is 5.32 Å². The summed E-state index contributed by atoms with van der Waals surface area (Å²) < 4.78 is 18.6. The van der Waals surface area contributed by atoms with E-state index in [-0.39, 0.29) is 11.3 Å². The molecule has 0 atom stereocenters. The van der Waals surface area contributed by atoms with Crippen LogP contribution in [-0.2, 0) is 9.59 Å². The molecule has 26 heavy (non-hydrogen) atoms. The molecule has 1 heterocycles. The van der Waals surface area contributed by atoms with Gasteiger partial charge in [-0.15, -0.1) is 0 Å². The predicted molar refractivity (Wildman–Crippen MR) is 93.0 cm³/mol. The number of hydrogen-bond donors (Lipinski definition) is 1. The van der Waals surface area contributed by atoms with Crippen LogP contribution < -0.4 is 15.0 Å². The van der Waals surface area contributed by atoms with Gasteiger partial charge in [0.25, 0.3) is 11.8 Å². The molecule has 2 aromatic rings. The van der Waals surface area contributed by atoms with Crippen molar-refractivity contribution in [1.29, 1.82) is 0 Å². The average Bonchev–Trinajstić information content (AvgIpc) is 2.61. The Labute approximate surface area is 148 Å². The van der Waals surface area contributed by atoms with Crippen LogP contribution in [0.3, 0.4) is 0 Å². The molecule has 3 rings (SSSR count). The van der Waals surface area contributed by atoms with Gasteiger partial charge in [-0.05, 0) is 43.3 Å². The first-order valence-electron chi connectivity index (χ1n) is 7.90. The average molecular weight is 354 g/mol. The van der Waals surface area contributed by atoms with Crippen molar-refractivity contribution in [2.75, 3.05) is 11.5 Å². The molecule has 132 valence electrons. The number of carbonyl (C=O) groups is 3. The van der Waals surface area contributed by atoms with Crippen LogP contribution in [0.1, 0.15) is 12.5 Å². The Kier molecular flexibility index (Phi) is 4.79. The topological polar surface area (TPSA) is 75.7 Å². The molecule has 0 aliphatic carbocycles. The largest absolute Gasteiger partial charge is 0.493 e. The number of benzene rings is 2. The Morgan fingerprint density at radius 2 is 1.77 bits per heavy atom. The van der Waals surface area contributed by atoms with Gasteiger partial charge in [0, 0.05) is 5.56 Å². The van der Waals surface area contributed by atoms with Crippen molar-refractivity contribution < 1.29 is 23.5 Å². The van der Waals surface area contributed by atoms with E-state index in [0.717, 1.165) is 17.0 Å². The van der Waals surface area contributed by atoms with Gasteiger partial charge in [0.05, 0.1) is 12.3 Å². The van der Waals surface area contributed by atoms with E-state index in [1.165, 1.54) is 18.2 Å². The SMILES string of the molecule is CCOc1ccccc1/C=C1\C(=O)NC(=O)N(c2ccc(F)cc2)C1=O. The van der Waals surface area contributed by atoms with Gasteiger partial charge in [-0.1, -0.05) is 18.2 Å². The smallest absolute Gasteiger partial charge is 0.335 e. The van der Waals surface area contributed by atoms with Crippen molar-refractivity contribution in [3.8, 4) is 5.75 Å². The fourth-order valence-electron chi connectivity index (χ4n) is 2.52. The number of nitrogens with one attached hydrogen (secondary N) is 1. The minimum absolute atomic E-state index is 0.158. The molecule has 1 N–H and O–H groups in total. The normalized spacial score (nSPS) is 16.0. The van der Waals surface area contributed by atoms with E-state index in [1.54, 1.807) is 24.3 Å². The second-order valence-corrected chi connectivity index (χ2v) is 5.41. The predicted octanol–water partition coefficient (Wildman–Crippen LogP) is 2.89. The van der Waals surface area contributed by atoms with Crippen molar-refractivity contribution in [3.05, 3.63) is 65.5 Å². The second-order valence-electron chi connectivity index (χ2n) is 5.41. The number of halogens is 1. The third-order valence-electron chi connectivity index (χ3n) is 3.71. The minimum Gasteiger partial charge on any atom is -0.493 e. The summed E-state index contributed by atoms with van der Waals surface area (Å²) in [5.74, 6) is -1.59. The molecule has 0 saturated carbocycles. The van der Waals surface area contributed by atoms with Gasteiger partial charge < -0.3 is 4.74 Å². The first-order chi connectivity index (χ1) is 12.5. The Hall–Kier alpha value is -3.48. The summed E-state index contributed by atoms with van der Waals surface area (Å²) in [5, 5.41) is 2.12. The molecule has 4 amide bonds. The summed E-state index contributed by atoms with van der Waals surface area (Å²) in [4.78, 5) is 37.8. The molecule has 2 aromatic carbocycles. The standard InChI is InChI=1S/C19H15FN2O4/c1-2-26-16-6-4-3-5-12(16)11-15-17(23)21-19(25)22(18(15)24)14-9-7-13(20)8-10-14/h3-11H,2H2,1H3,(H,21,23,25)/b15-11+. The monoisotopic (exact) mass is 354 g/mol. The third kappa shape index (κ3) is 3.32. The van der Waals surface area contributed by atoms with Gasteiger partial charge in [-0.2, -0.15) is 0 Å². The van der Waals surface area contributed by atoms with E-state index in [9.17, 15) is 18.8 Å². The zero-order valence-corrected chi connectivity index (χ0v) is 13.9. The molecule has 0 unspecified atom stereocenters. The highest BCUT2D eigenvalue weighted by Gasteiger charge is 2.36. The van der Waals surface area contributed by atoms with Crippen LogP contribution in [0.2, 0.25) is 0 Å². The van der Waals surface area contributed by atoms with Crippen molar-refractivity contribution in [3.63, 3.8) is 0 Å². The lowest BCUT2D eigenvalue weighted by atomic mass is 10.1. The lowest BCUT2D eigenvalue weighted by Gasteiger charge is -2.26. The minimum atomic E-state index is -0.887. The van der Waals surface area contributed by atoms with Crippen LogP contribution in [0.25, 0.3) is 6.08 Å². The second kappa shape index (κ2) is 7.18. The van der Waals surface area contributed by atoms with Gasteiger partial charge in [0.2, 0.25) is 0 Å². The number of hydrogen-bond acceptors (Lipinski definition) is 4. The molecular weight excluding hydrogens is 339 g/mol. The Morgan fingerprint density at radius 1 is 1.08 bits per heavy atom. The van der Waals surface area contributed by atoms with Crippen LogP contribution in [0, 0.1) is 5.82 Å². The van der Waals surface area contributed by atoms with Crippen LogP contribution in [0.5, 0.6) is 5.75 Å². The highest BCUT2D eigenvalue weighted by Crippen LogP contribution is 2.25. The molecule has 1 aliphatic rings. The van der Waals surface area contributed by atoms with E-state index in [2.05, 4.69) is 5.32 Å². The Balaban J connectivity index is 2.02. The van der Waals surface area contributed by atoms with E-state index in [0.29, 0.717) is 17.9 Å². The zero-order valence-electron chi connectivity index (χ0n) is 13.9. The molecule has 7 heteroatoms. The maximum atomic E-state index is 13.1. The highest BCUT2D eigenvalue weighted by atomic mass is 19.1. The van der Waals surface area contributed by atoms with Crippen molar-refractivity contribution >= 4 is 29.6 Å². The number of ether oxygens (including phenoxy) is 1. The van der Waals surface area contributed by atoms with Gasteiger partial charge >= 0.3 is 6.03 Å². The summed E-state index contributed by atoms with van der Waals surface area (Å²) in [6, 6.07) is 10.8. The molecule has 0 spiro atoms. The van der Waals surface area contributed by atoms with Crippen LogP contribution >= 0.6 is 0 Å². The van der Waals surface area contributed by atoms with Crippen LogP contribution in [-0.4, -0.2) is 24.5 Å². The Bertz CT molecular complexity index is 906. The number of carbonyl (C=O) groups excluding carboxylic acids is 3. The fourth-order valence-corrected chi connectivity index (χ4v) is 2.52. The lowest BCUT2D eigenvalue weighted by molar-refractivity contribution is -0.122. The van der Waals surface area contributed by atoms with Gasteiger partial charge in [0.15, 0.2) is 0 Å². The zero-order chi connectivity index (χ0) is 18.7. The molecule has 0 bridgehead atoms.